The van der Waals surface area contributed by atoms with Crippen LogP contribution in [-0.2, 0) is 26.1 Å². The molecule has 0 bridgehead atoms. The lowest BCUT2D eigenvalue weighted by atomic mass is 9.60. The number of hydrogen-bond acceptors (Lipinski definition) is 8. The molecule has 0 aliphatic heterocycles. The Labute approximate surface area is 227 Å². The molecule has 206 valence electrons. The standard InChI is InChI=1S/C30H32FNO7/c1-16-12-19-14-21(32-39-28(33)17-8-10-20(31)11-9-17)24(35-4)27(38-7)30(19)23-18(15-29(16,30)2)13-22(34-3)25(36-5)26(23)37-6/h8-11,13-14,16H,12,15H2,1-7H3/b32-21+/t16-,29+,30?/m0/s1. The summed E-state index contributed by atoms with van der Waals surface area (Å²) >= 11 is 0. The number of rotatable bonds is 7. The Morgan fingerprint density at radius 3 is 2.26 bits per heavy atom. The van der Waals surface area contributed by atoms with Crippen LogP contribution in [0.15, 0.2) is 58.7 Å². The molecule has 5 rings (SSSR count). The number of methoxy groups -OCH3 is 5. The number of ether oxygens (including phenoxy) is 5. The quantitative estimate of drug-likeness (QED) is 0.348. The highest BCUT2D eigenvalue weighted by Crippen LogP contribution is 2.73. The second-order valence-corrected chi connectivity index (χ2v) is 10.2. The number of halogens is 1. The zero-order valence-electron chi connectivity index (χ0n) is 23.1. The van der Waals surface area contributed by atoms with Crippen molar-refractivity contribution in [3.05, 3.63) is 76.0 Å². The predicted molar refractivity (Wildman–Crippen MR) is 142 cm³/mol. The maximum absolute atomic E-state index is 13.3. The topological polar surface area (TPSA) is 84.8 Å². The van der Waals surface area contributed by atoms with Crippen LogP contribution in [0.1, 0.15) is 41.8 Å². The Balaban J connectivity index is 1.72. The molecular formula is C30H32FNO7. The molecule has 2 aromatic carbocycles. The van der Waals surface area contributed by atoms with E-state index >= 15 is 0 Å². The van der Waals surface area contributed by atoms with E-state index in [2.05, 4.69) is 19.0 Å². The van der Waals surface area contributed by atoms with Gasteiger partial charge in [-0.2, -0.15) is 0 Å². The zero-order valence-corrected chi connectivity index (χ0v) is 23.1. The van der Waals surface area contributed by atoms with Crippen molar-refractivity contribution in [2.75, 3.05) is 35.5 Å². The van der Waals surface area contributed by atoms with Crippen molar-refractivity contribution in [1.29, 1.82) is 0 Å². The van der Waals surface area contributed by atoms with Crippen molar-refractivity contribution in [2.45, 2.75) is 32.1 Å². The number of carbonyl (C=O) groups is 1. The van der Waals surface area contributed by atoms with Gasteiger partial charge in [-0.3, -0.25) is 0 Å². The van der Waals surface area contributed by atoms with Crippen molar-refractivity contribution < 1.29 is 37.7 Å². The molecule has 0 aromatic heterocycles. The van der Waals surface area contributed by atoms with Crippen molar-refractivity contribution in [1.82, 2.24) is 0 Å². The smallest absolute Gasteiger partial charge is 0.365 e. The van der Waals surface area contributed by atoms with Gasteiger partial charge in [-0.25, -0.2) is 9.18 Å². The molecule has 0 N–H and O–H groups in total. The number of carbonyl (C=O) groups excluding carboxylic acids is 1. The Bertz CT molecular complexity index is 1430. The lowest BCUT2D eigenvalue weighted by Crippen LogP contribution is -2.45. The highest BCUT2D eigenvalue weighted by molar-refractivity contribution is 6.10. The number of nitrogens with zero attached hydrogens (tertiary/aromatic N) is 1. The van der Waals surface area contributed by atoms with E-state index in [0.717, 1.165) is 29.5 Å². The zero-order chi connectivity index (χ0) is 28.1. The van der Waals surface area contributed by atoms with E-state index in [1.165, 1.54) is 31.4 Å². The predicted octanol–water partition coefficient (Wildman–Crippen LogP) is 5.35. The lowest BCUT2D eigenvalue weighted by Gasteiger charge is -2.44. The summed E-state index contributed by atoms with van der Waals surface area (Å²) in [7, 11) is 7.93. The van der Waals surface area contributed by atoms with Crippen LogP contribution in [0.3, 0.4) is 0 Å². The molecule has 1 spiro atoms. The Morgan fingerprint density at radius 1 is 0.974 bits per heavy atom. The van der Waals surface area contributed by atoms with E-state index in [9.17, 15) is 9.18 Å². The molecule has 1 unspecified atom stereocenters. The van der Waals surface area contributed by atoms with Gasteiger partial charge in [0.05, 0.1) is 46.5 Å². The van der Waals surface area contributed by atoms with Gasteiger partial charge in [-0.05, 0) is 71.7 Å². The molecule has 3 aliphatic carbocycles. The first-order valence-electron chi connectivity index (χ1n) is 12.6. The Kier molecular flexibility index (Phi) is 6.56. The third-order valence-corrected chi connectivity index (χ3v) is 8.60. The van der Waals surface area contributed by atoms with Gasteiger partial charge in [-0.15, -0.1) is 0 Å². The second-order valence-electron chi connectivity index (χ2n) is 10.2. The maximum atomic E-state index is 13.3. The fourth-order valence-corrected chi connectivity index (χ4v) is 6.79. The van der Waals surface area contributed by atoms with Gasteiger partial charge >= 0.3 is 5.97 Å². The summed E-state index contributed by atoms with van der Waals surface area (Å²) < 4.78 is 42.8. The monoisotopic (exact) mass is 537 g/mol. The van der Waals surface area contributed by atoms with Crippen LogP contribution in [0.5, 0.6) is 17.2 Å². The van der Waals surface area contributed by atoms with Gasteiger partial charge in [0.15, 0.2) is 23.0 Å². The summed E-state index contributed by atoms with van der Waals surface area (Å²) in [4.78, 5) is 17.9. The molecule has 3 aliphatic rings. The van der Waals surface area contributed by atoms with Crippen LogP contribution in [0.4, 0.5) is 4.39 Å². The van der Waals surface area contributed by atoms with Crippen LogP contribution in [0, 0.1) is 17.2 Å². The fourth-order valence-electron chi connectivity index (χ4n) is 6.79. The molecule has 0 saturated heterocycles. The summed E-state index contributed by atoms with van der Waals surface area (Å²) in [5, 5.41) is 4.17. The summed E-state index contributed by atoms with van der Waals surface area (Å²) in [5.41, 5.74) is 2.48. The van der Waals surface area contributed by atoms with Crippen molar-refractivity contribution in [2.24, 2.45) is 16.5 Å². The molecule has 39 heavy (non-hydrogen) atoms. The first-order valence-corrected chi connectivity index (χ1v) is 12.6. The van der Waals surface area contributed by atoms with Gasteiger partial charge in [0, 0.05) is 5.56 Å². The maximum Gasteiger partial charge on any atom is 0.365 e. The molecule has 8 nitrogen and oxygen atoms in total. The minimum Gasteiger partial charge on any atom is -0.496 e. The van der Waals surface area contributed by atoms with Crippen molar-refractivity contribution in [3.8, 4) is 17.2 Å². The van der Waals surface area contributed by atoms with Gasteiger partial charge in [-0.1, -0.05) is 19.0 Å². The number of benzene rings is 2. The minimum atomic E-state index is -0.743. The molecule has 2 aromatic rings. The van der Waals surface area contributed by atoms with E-state index < -0.39 is 17.2 Å². The van der Waals surface area contributed by atoms with Gasteiger partial charge < -0.3 is 28.5 Å². The first kappa shape index (κ1) is 26.6. The molecule has 0 heterocycles. The van der Waals surface area contributed by atoms with Crippen LogP contribution >= 0.6 is 0 Å². The van der Waals surface area contributed by atoms with Gasteiger partial charge in [0.1, 0.15) is 11.5 Å². The SMILES string of the molecule is COC1=C(OC)C23C(=C/C1=N\OC(=O)c1ccc(F)cc1)C[C@H](C)[C@@]2(C)Cc1cc(OC)c(OC)c(OC)c13. The first-order chi connectivity index (χ1) is 18.7. The molecule has 0 amide bonds. The summed E-state index contributed by atoms with van der Waals surface area (Å²) in [6.07, 6.45) is 3.40. The average Bonchev–Trinajstić information content (AvgIpc) is 3.32. The van der Waals surface area contributed by atoms with Crippen molar-refractivity contribution in [3.63, 3.8) is 0 Å². The van der Waals surface area contributed by atoms with E-state index in [1.54, 1.807) is 28.4 Å². The molecule has 3 atom stereocenters. The number of allylic oxidation sites excluding steroid dienone is 2. The third-order valence-electron chi connectivity index (χ3n) is 8.60. The summed E-state index contributed by atoms with van der Waals surface area (Å²) in [5.74, 6) is 1.63. The fraction of sp³-hybridized carbons (Fsp3) is 0.400. The Hall–Kier alpha value is -4.01. The van der Waals surface area contributed by atoms with Gasteiger partial charge in [0.2, 0.25) is 5.75 Å². The normalized spacial score (nSPS) is 25.9. The number of oxime groups is 1. The largest absolute Gasteiger partial charge is 0.496 e. The van der Waals surface area contributed by atoms with Crippen LogP contribution in [0.25, 0.3) is 0 Å². The molecular weight excluding hydrogens is 505 g/mol. The lowest BCUT2D eigenvalue weighted by molar-refractivity contribution is 0.0513. The van der Waals surface area contributed by atoms with Gasteiger partial charge in [0.25, 0.3) is 0 Å². The second kappa shape index (κ2) is 9.63. The van der Waals surface area contributed by atoms with E-state index in [4.69, 9.17) is 28.5 Å². The number of hydrogen-bond donors (Lipinski definition) is 0. The number of fused-ring (bicyclic) bond motifs is 1. The molecule has 1 saturated carbocycles. The third kappa shape index (κ3) is 3.55. The molecule has 9 heteroatoms. The van der Waals surface area contributed by atoms with Crippen LogP contribution in [-0.4, -0.2) is 47.2 Å². The van der Waals surface area contributed by atoms with E-state index in [1.807, 2.05) is 12.1 Å². The molecule has 0 radical (unpaired) electrons. The average molecular weight is 538 g/mol. The highest BCUT2D eigenvalue weighted by Gasteiger charge is 2.69. The summed E-state index contributed by atoms with van der Waals surface area (Å²) in [6, 6.07) is 7.07. The highest BCUT2D eigenvalue weighted by atomic mass is 19.1. The Morgan fingerprint density at radius 2 is 1.67 bits per heavy atom. The molecule has 1 fully saturated rings. The summed E-state index contributed by atoms with van der Waals surface area (Å²) in [6.45, 7) is 4.47. The van der Waals surface area contributed by atoms with Crippen LogP contribution in [0.2, 0.25) is 0 Å². The van der Waals surface area contributed by atoms with E-state index in [-0.39, 0.29) is 16.9 Å². The minimum absolute atomic E-state index is 0.174. The van der Waals surface area contributed by atoms with Crippen LogP contribution < -0.4 is 14.2 Å². The van der Waals surface area contributed by atoms with E-state index in [0.29, 0.717) is 34.5 Å². The van der Waals surface area contributed by atoms with Crippen molar-refractivity contribution >= 4 is 11.7 Å².